The number of nitrogens with one attached hydrogen (secondary N) is 1. The van der Waals surface area contributed by atoms with Gasteiger partial charge in [-0.3, -0.25) is 5.32 Å². The van der Waals surface area contributed by atoms with Crippen LogP contribution in [0.1, 0.15) is 5.69 Å². The first-order chi connectivity index (χ1) is 7.22. The Bertz CT molecular complexity index is 317. The minimum Gasteiger partial charge on any atom is -0.465 e. The number of carbonyl (C=O) groups is 1. The van der Waals surface area contributed by atoms with E-state index in [2.05, 4.69) is 10.3 Å². The molecule has 1 rings (SSSR count). The smallest absolute Gasteiger partial charge is 0.410 e. The molecule has 1 aromatic heterocycles. The van der Waals surface area contributed by atoms with E-state index in [9.17, 15) is 4.79 Å². The maximum atomic E-state index is 10.3. The van der Waals surface area contributed by atoms with Crippen LogP contribution in [-0.2, 0) is 11.3 Å². The zero-order valence-corrected chi connectivity index (χ0v) is 9.86. The molecule has 0 radical (unpaired) electrons. The molecular formula is C8H12N2O3S2. The molecule has 5 nitrogen and oxygen atoms in total. The van der Waals surface area contributed by atoms with Gasteiger partial charge in [0.1, 0.15) is 0 Å². The summed E-state index contributed by atoms with van der Waals surface area (Å²) in [4.78, 5) is 14.3. The van der Waals surface area contributed by atoms with E-state index in [0.29, 0.717) is 18.3 Å². The minimum absolute atomic E-state index is 0.381. The van der Waals surface area contributed by atoms with Gasteiger partial charge in [-0.15, -0.1) is 11.3 Å². The van der Waals surface area contributed by atoms with Crippen molar-refractivity contribution in [2.45, 2.75) is 6.61 Å². The summed E-state index contributed by atoms with van der Waals surface area (Å²) in [7, 11) is 0. The number of anilines is 1. The Balaban J connectivity index is 2.29. The molecule has 2 N–H and O–H groups in total. The number of hydrogen-bond acceptors (Lipinski definition) is 5. The second kappa shape index (κ2) is 6.65. The first-order valence-corrected chi connectivity index (χ1v) is 6.50. The highest BCUT2D eigenvalue weighted by Crippen LogP contribution is 2.15. The molecule has 0 aliphatic rings. The lowest BCUT2D eigenvalue weighted by atomic mass is 10.5. The summed E-state index contributed by atoms with van der Waals surface area (Å²) in [6.45, 7) is 1.11. The predicted octanol–water partition coefficient (Wildman–Crippen LogP) is 2.11. The lowest BCUT2D eigenvalue weighted by molar-refractivity contribution is 0.134. The van der Waals surface area contributed by atoms with E-state index in [1.165, 1.54) is 11.3 Å². The number of thiazole rings is 1. The number of aromatic nitrogens is 1. The van der Waals surface area contributed by atoms with Gasteiger partial charge in [-0.25, -0.2) is 9.78 Å². The maximum absolute atomic E-state index is 10.3. The lowest BCUT2D eigenvalue weighted by Gasteiger charge is -1.99. The highest BCUT2D eigenvalue weighted by molar-refractivity contribution is 7.98. The van der Waals surface area contributed by atoms with Crippen LogP contribution in [0.3, 0.4) is 0 Å². The van der Waals surface area contributed by atoms with Gasteiger partial charge in [0, 0.05) is 11.1 Å². The van der Waals surface area contributed by atoms with Crippen molar-refractivity contribution < 1.29 is 14.6 Å². The minimum atomic E-state index is -1.10. The fourth-order valence-electron chi connectivity index (χ4n) is 0.841. The Kier molecular flexibility index (Phi) is 5.44. The van der Waals surface area contributed by atoms with Crippen molar-refractivity contribution in [3.63, 3.8) is 0 Å². The number of ether oxygens (including phenoxy) is 1. The molecule has 0 unspecified atom stereocenters. The van der Waals surface area contributed by atoms with E-state index < -0.39 is 6.09 Å². The molecule has 15 heavy (non-hydrogen) atoms. The quantitative estimate of drug-likeness (QED) is 0.754. The van der Waals surface area contributed by atoms with Crippen LogP contribution >= 0.6 is 23.1 Å². The van der Waals surface area contributed by atoms with E-state index in [1.54, 1.807) is 17.1 Å². The zero-order valence-electron chi connectivity index (χ0n) is 8.23. The summed E-state index contributed by atoms with van der Waals surface area (Å²) in [6.07, 6.45) is 0.917. The van der Waals surface area contributed by atoms with E-state index in [1.807, 2.05) is 6.26 Å². The fraction of sp³-hybridized carbons (Fsp3) is 0.500. The third-order valence-electron chi connectivity index (χ3n) is 1.45. The first kappa shape index (κ1) is 12.3. The summed E-state index contributed by atoms with van der Waals surface area (Å²) in [5.41, 5.74) is 0.754. The van der Waals surface area contributed by atoms with Gasteiger partial charge in [-0.1, -0.05) is 0 Å². The second-order valence-corrected chi connectivity index (χ2v) is 4.46. The van der Waals surface area contributed by atoms with Crippen molar-refractivity contribution in [1.29, 1.82) is 0 Å². The molecule has 0 aliphatic carbocycles. The highest BCUT2D eigenvalue weighted by Gasteiger charge is 2.04. The van der Waals surface area contributed by atoms with Gasteiger partial charge in [0.05, 0.1) is 18.9 Å². The second-order valence-electron chi connectivity index (χ2n) is 2.62. The normalized spacial score (nSPS) is 10.2. The predicted molar refractivity (Wildman–Crippen MR) is 61.8 cm³/mol. The van der Waals surface area contributed by atoms with Crippen LogP contribution in [0.25, 0.3) is 0 Å². The lowest BCUT2D eigenvalue weighted by Crippen LogP contribution is -2.07. The third-order valence-corrected chi connectivity index (χ3v) is 2.83. The molecule has 1 amide bonds. The largest absolute Gasteiger partial charge is 0.465 e. The standard InChI is InChI=1S/C8H12N2O3S2/c1-14-3-2-13-4-6-5-15-7(9-6)10-8(11)12/h5H,2-4H2,1H3,(H,9,10)(H,11,12). The van der Waals surface area contributed by atoms with Crippen molar-refractivity contribution in [1.82, 2.24) is 4.98 Å². The summed E-state index contributed by atoms with van der Waals surface area (Å²) < 4.78 is 5.33. The van der Waals surface area contributed by atoms with Gasteiger partial charge in [0.25, 0.3) is 0 Å². The summed E-state index contributed by atoms with van der Waals surface area (Å²) in [5.74, 6) is 0.949. The van der Waals surface area contributed by atoms with Crippen LogP contribution in [-0.4, -0.2) is 34.8 Å². The fourth-order valence-corrected chi connectivity index (χ4v) is 1.81. The van der Waals surface area contributed by atoms with Gasteiger partial charge in [-0.2, -0.15) is 11.8 Å². The molecule has 0 saturated carbocycles. The molecule has 0 bridgehead atoms. The van der Waals surface area contributed by atoms with Crippen molar-refractivity contribution >= 4 is 34.3 Å². The molecule has 0 fully saturated rings. The van der Waals surface area contributed by atoms with Crippen LogP contribution in [0.15, 0.2) is 5.38 Å². The van der Waals surface area contributed by atoms with E-state index >= 15 is 0 Å². The molecular weight excluding hydrogens is 236 g/mol. The van der Waals surface area contributed by atoms with E-state index in [-0.39, 0.29) is 0 Å². The number of rotatable bonds is 6. The Labute approximate surface area is 95.9 Å². The van der Waals surface area contributed by atoms with Crippen LogP contribution < -0.4 is 5.32 Å². The Morgan fingerprint density at radius 1 is 1.80 bits per heavy atom. The Hall–Kier alpha value is -0.790. The van der Waals surface area contributed by atoms with Gasteiger partial charge in [0.2, 0.25) is 0 Å². The van der Waals surface area contributed by atoms with Crippen LogP contribution in [0, 0.1) is 0 Å². The van der Waals surface area contributed by atoms with Crippen molar-refractivity contribution in [3.05, 3.63) is 11.1 Å². The van der Waals surface area contributed by atoms with Crippen LogP contribution in [0.2, 0.25) is 0 Å². The molecule has 0 saturated heterocycles. The molecule has 1 heterocycles. The first-order valence-electron chi connectivity index (χ1n) is 4.23. The van der Waals surface area contributed by atoms with Crippen LogP contribution in [0.4, 0.5) is 9.93 Å². The molecule has 0 aliphatic heterocycles. The third kappa shape index (κ3) is 5.01. The van der Waals surface area contributed by atoms with Crippen molar-refractivity contribution in [2.75, 3.05) is 23.9 Å². The van der Waals surface area contributed by atoms with E-state index in [0.717, 1.165) is 11.4 Å². The zero-order chi connectivity index (χ0) is 11.1. The van der Waals surface area contributed by atoms with Gasteiger partial charge >= 0.3 is 6.09 Å². The molecule has 0 spiro atoms. The molecule has 84 valence electrons. The number of hydrogen-bond donors (Lipinski definition) is 2. The number of amides is 1. The van der Waals surface area contributed by atoms with Gasteiger partial charge in [0.15, 0.2) is 5.13 Å². The Morgan fingerprint density at radius 3 is 3.27 bits per heavy atom. The monoisotopic (exact) mass is 248 g/mol. The average Bonchev–Trinajstić information content (AvgIpc) is 2.59. The SMILES string of the molecule is CSCCOCc1csc(NC(=O)O)n1. The van der Waals surface area contributed by atoms with Crippen molar-refractivity contribution in [3.8, 4) is 0 Å². The van der Waals surface area contributed by atoms with Crippen molar-refractivity contribution in [2.24, 2.45) is 0 Å². The highest BCUT2D eigenvalue weighted by atomic mass is 32.2. The summed E-state index contributed by atoms with van der Waals surface area (Å²) >= 11 is 2.97. The van der Waals surface area contributed by atoms with Gasteiger partial charge < -0.3 is 9.84 Å². The molecule has 7 heteroatoms. The number of thioether (sulfide) groups is 1. The summed E-state index contributed by atoms with van der Waals surface area (Å²) in [5, 5.41) is 12.8. The molecule has 0 atom stereocenters. The topological polar surface area (TPSA) is 71.5 Å². The maximum Gasteiger partial charge on any atom is 0.410 e. The average molecular weight is 248 g/mol. The van der Waals surface area contributed by atoms with Crippen LogP contribution in [0.5, 0.6) is 0 Å². The molecule has 0 aromatic carbocycles. The van der Waals surface area contributed by atoms with E-state index in [4.69, 9.17) is 9.84 Å². The Morgan fingerprint density at radius 2 is 2.60 bits per heavy atom. The summed E-state index contributed by atoms with van der Waals surface area (Å²) in [6, 6.07) is 0. The number of carboxylic acid groups (broad SMARTS) is 1. The molecule has 1 aromatic rings. The number of nitrogens with zero attached hydrogens (tertiary/aromatic N) is 1. The van der Waals surface area contributed by atoms with Gasteiger partial charge in [-0.05, 0) is 6.26 Å².